The van der Waals surface area contributed by atoms with Crippen molar-refractivity contribution in [2.75, 3.05) is 0 Å². The minimum atomic E-state index is 0.396. The van der Waals surface area contributed by atoms with Crippen molar-refractivity contribution in [3.8, 4) is 0 Å². The smallest absolute Gasteiger partial charge is 0.00288 e. The Bertz CT molecular complexity index is 177. The summed E-state index contributed by atoms with van der Waals surface area (Å²) in [5, 5.41) is 0. The molecule has 0 spiro atoms. The molecule has 0 saturated carbocycles. The molecular formula is C10H16. The first-order chi connectivity index (χ1) is 4.52. The molecule has 1 rings (SSSR count). The maximum Gasteiger partial charge on any atom is 0.00288 e. The normalized spacial score (nSPS) is 25.2. The first kappa shape index (κ1) is 7.59. The van der Waals surface area contributed by atoms with Crippen LogP contribution in [0, 0.1) is 11.3 Å². The number of hydrogen-bond donors (Lipinski definition) is 0. The highest BCUT2D eigenvalue weighted by atomic mass is 14.3. The van der Waals surface area contributed by atoms with Crippen LogP contribution in [0.15, 0.2) is 23.8 Å². The molecule has 0 heterocycles. The molecule has 0 N–H and O–H groups in total. The monoisotopic (exact) mass is 136 g/mol. The third-order valence-corrected chi connectivity index (χ3v) is 2.09. The molecule has 56 valence electrons. The van der Waals surface area contributed by atoms with Crippen LogP contribution in [-0.2, 0) is 0 Å². The Hall–Kier alpha value is -0.520. The third-order valence-electron chi connectivity index (χ3n) is 2.09. The molecule has 0 saturated heterocycles. The van der Waals surface area contributed by atoms with Crippen LogP contribution in [0.2, 0.25) is 0 Å². The van der Waals surface area contributed by atoms with Crippen molar-refractivity contribution < 1.29 is 0 Å². The fourth-order valence-corrected chi connectivity index (χ4v) is 1.55. The van der Waals surface area contributed by atoms with Gasteiger partial charge < -0.3 is 0 Å². The lowest BCUT2D eigenvalue weighted by molar-refractivity contribution is 0.333. The molecule has 0 heteroatoms. The van der Waals surface area contributed by atoms with Crippen molar-refractivity contribution >= 4 is 0 Å². The first-order valence-electron chi connectivity index (χ1n) is 3.87. The van der Waals surface area contributed by atoms with Gasteiger partial charge in [0.1, 0.15) is 0 Å². The van der Waals surface area contributed by atoms with Crippen LogP contribution in [0.3, 0.4) is 0 Å². The number of hydrogen-bond acceptors (Lipinski definition) is 0. The summed E-state index contributed by atoms with van der Waals surface area (Å²) >= 11 is 0. The van der Waals surface area contributed by atoms with E-state index in [1.54, 1.807) is 0 Å². The zero-order valence-corrected chi connectivity index (χ0v) is 7.31. The minimum absolute atomic E-state index is 0.396. The topological polar surface area (TPSA) is 0 Å². The van der Waals surface area contributed by atoms with Gasteiger partial charge >= 0.3 is 0 Å². The van der Waals surface area contributed by atoms with Crippen LogP contribution in [-0.4, -0.2) is 0 Å². The zero-order chi connectivity index (χ0) is 7.78. The average molecular weight is 136 g/mol. The Morgan fingerprint density at radius 1 is 1.30 bits per heavy atom. The molecular weight excluding hydrogens is 120 g/mol. The molecule has 0 amide bonds. The van der Waals surface area contributed by atoms with Crippen molar-refractivity contribution in [1.29, 1.82) is 0 Å². The summed E-state index contributed by atoms with van der Waals surface area (Å²) < 4.78 is 0. The average Bonchev–Trinajstić information content (AvgIpc) is 2.11. The van der Waals surface area contributed by atoms with E-state index in [4.69, 9.17) is 0 Å². The van der Waals surface area contributed by atoms with Crippen molar-refractivity contribution in [2.45, 2.75) is 27.7 Å². The number of allylic oxidation sites excluding steroid dienone is 4. The van der Waals surface area contributed by atoms with Crippen molar-refractivity contribution in [3.05, 3.63) is 23.8 Å². The van der Waals surface area contributed by atoms with E-state index in [2.05, 4.69) is 45.9 Å². The van der Waals surface area contributed by atoms with E-state index in [1.165, 1.54) is 5.57 Å². The molecule has 1 aliphatic carbocycles. The fraction of sp³-hybridized carbons (Fsp3) is 0.600. The SMILES string of the molecule is CC1=CC=CC1C(C)(C)C. The van der Waals surface area contributed by atoms with E-state index < -0.39 is 0 Å². The maximum atomic E-state index is 2.29. The van der Waals surface area contributed by atoms with Crippen LogP contribution in [0.4, 0.5) is 0 Å². The summed E-state index contributed by atoms with van der Waals surface area (Å²) in [6, 6.07) is 0. The van der Waals surface area contributed by atoms with Crippen molar-refractivity contribution in [1.82, 2.24) is 0 Å². The van der Waals surface area contributed by atoms with Gasteiger partial charge in [0, 0.05) is 5.92 Å². The highest BCUT2D eigenvalue weighted by Crippen LogP contribution is 2.35. The second-order valence-electron chi connectivity index (χ2n) is 4.14. The highest BCUT2D eigenvalue weighted by molar-refractivity contribution is 5.27. The minimum Gasteiger partial charge on any atom is -0.0768 e. The van der Waals surface area contributed by atoms with Gasteiger partial charge in [-0.1, -0.05) is 44.6 Å². The quantitative estimate of drug-likeness (QED) is 0.480. The van der Waals surface area contributed by atoms with Crippen LogP contribution in [0.1, 0.15) is 27.7 Å². The molecule has 0 nitrogen and oxygen atoms in total. The molecule has 1 unspecified atom stereocenters. The lowest BCUT2D eigenvalue weighted by Crippen LogP contribution is -2.17. The summed E-state index contributed by atoms with van der Waals surface area (Å²) in [7, 11) is 0. The fourth-order valence-electron chi connectivity index (χ4n) is 1.55. The number of rotatable bonds is 0. The highest BCUT2D eigenvalue weighted by Gasteiger charge is 2.24. The van der Waals surface area contributed by atoms with Crippen LogP contribution < -0.4 is 0 Å². The molecule has 1 atom stereocenters. The van der Waals surface area contributed by atoms with Gasteiger partial charge in [0.2, 0.25) is 0 Å². The largest absolute Gasteiger partial charge is 0.0768 e. The van der Waals surface area contributed by atoms with E-state index in [9.17, 15) is 0 Å². The molecule has 0 aromatic heterocycles. The van der Waals surface area contributed by atoms with Gasteiger partial charge in [0.15, 0.2) is 0 Å². The van der Waals surface area contributed by atoms with Gasteiger partial charge in [0.25, 0.3) is 0 Å². The van der Waals surface area contributed by atoms with Gasteiger partial charge in [-0.3, -0.25) is 0 Å². The van der Waals surface area contributed by atoms with E-state index >= 15 is 0 Å². The Kier molecular flexibility index (Phi) is 1.72. The first-order valence-corrected chi connectivity index (χ1v) is 3.87. The summed E-state index contributed by atoms with van der Waals surface area (Å²) in [6.45, 7) is 9.05. The van der Waals surface area contributed by atoms with Gasteiger partial charge in [0.05, 0.1) is 0 Å². The molecule has 10 heavy (non-hydrogen) atoms. The summed E-state index contributed by atoms with van der Waals surface area (Å²) in [4.78, 5) is 0. The molecule has 0 bridgehead atoms. The molecule has 0 aliphatic heterocycles. The van der Waals surface area contributed by atoms with Gasteiger partial charge in [-0.2, -0.15) is 0 Å². The van der Waals surface area contributed by atoms with Gasteiger partial charge in [-0.05, 0) is 12.3 Å². The van der Waals surface area contributed by atoms with Crippen LogP contribution in [0.25, 0.3) is 0 Å². The zero-order valence-electron chi connectivity index (χ0n) is 7.31. The summed E-state index contributed by atoms with van der Waals surface area (Å²) in [5.41, 5.74) is 1.89. The third kappa shape index (κ3) is 1.31. The van der Waals surface area contributed by atoms with Crippen molar-refractivity contribution in [3.63, 3.8) is 0 Å². The molecule has 0 aromatic carbocycles. The molecule has 0 radical (unpaired) electrons. The Balaban J connectivity index is 2.76. The second-order valence-corrected chi connectivity index (χ2v) is 4.14. The predicted molar refractivity (Wildman–Crippen MR) is 45.8 cm³/mol. The summed E-state index contributed by atoms with van der Waals surface area (Å²) in [6.07, 6.45) is 6.65. The van der Waals surface area contributed by atoms with Gasteiger partial charge in [-0.25, -0.2) is 0 Å². The van der Waals surface area contributed by atoms with Gasteiger partial charge in [-0.15, -0.1) is 0 Å². The Morgan fingerprint density at radius 3 is 2.10 bits per heavy atom. The van der Waals surface area contributed by atoms with E-state index in [0.717, 1.165) is 0 Å². The summed E-state index contributed by atoms with van der Waals surface area (Å²) in [5.74, 6) is 0.660. The lowest BCUT2D eigenvalue weighted by atomic mass is 9.78. The van der Waals surface area contributed by atoms with Crippen LogP contribution >= 0.6 is 0 Å². The second kappa shape index (κ2) is 2.26. The standard InChI is InChI=1S/C10H16/c1-8-6-5-7-9(8)10(2,3)4/h5-7,9H,1-4H3. The maximum absolute atomic E-state index is 2.29. The van der Waals surface area contributed by atoms with E-state index in [1.807, 2.05) is 0 Å². The Morgan fingerprint density at radius 2 is 1.90 bits per heavy atom. The molecule has 0 fully saturated rings. The predicted octanol–water partition coefficient (Wildman–Crippen LogP) is 3.16. The van der Waals surface area contributed by atoms with E-state index in [-0.39, 0.29) is 0 Å². The van der Waals surface area contributed by atoms with E-state index in [0.29, 0.717) is 11.3 Å². The lowest BCUT2D eigenvalue weighted by Gasteiger charge is -2.26. The Labute approximate surface area is 63.6 Å². The molecule has 1 aliphatic rings. The molecule has 0 aromatic rings. The van der Waals surface area contributed by atoms with Crippen LogP contribution in [0.5, 0.6) is 0 Å². The van der Waals surface area contributed by atoms with Crippen molar-refractivity contribution in [2.24, 2.45) is 11.3 Å².